The van der Waals surface area contributed by atoms with Crippen LogP contribution >= 0.6 is 0 Å². The van der Waals surface area contributed by atoms with E-state index >= 15 is 0 Å². The maximum atomic E-state index is 3.92. The van der Waals surface area contributed by atoms with Crippen LogP contribution in [0.3, 0.4) is 0 Å². The van der Waals surface area contributed by atoms with E-state index in [1.54, 1.807) is 38.5 Å². The van der Waals surface area contributed by atoms with Crippen LogP contribution in [-0.2, 0) is 0 Å². The highest BCUT2D eigenvalue weighted by Gasteiger charge is 2.51. The molecule has 0 spiro atoms. The first kappa shape index (κ1) is 13.6. The van der Waals surface area contributed by atoms with Gasteiger partial charge in [-0.2, -0.15) is 0 Å². The van der Waals surface area contributed by atoms with Gasteiger partial charge in [0, 0.05) is 6.04 Å². The molecule has 0 aromatic heterocycles. The van der Waals surface area contributed by atoms with E-state index in [4.69, 9.17) is 0 Å². The van der Waals surface area contributed by atoms with Crippen LogP contribution in [0.25, 0.3) is 0 Å². The molecule has 5 saturated carbocycles. The summed E-state index contributed by atoms with van der Waals surface area (Å²) >= 11 is 0. The number of hydrogen-bond acceptors (Lipinski definition) is 1. The minimum absolute atomic E-state index is 0.773. The Bertz CT molecular complexity index is 308. The SMILES string of the molecule is CCCNC(CC1CC1)CC12CC3CC(CC(C3)C1)C2. The van der Waals surface area contributed by atoms with Crippen LogP contribution in [0.1, 0.15) is 77.6 Å². The molecular weight excluding hydrogens is 242 g/mol. The van der Waals surface area contributed by atoms with Gasteiger partial charge in [0.1, 0.15) is 0 Å². The van der Waals surface area contributed by atoms with Crippen molar-refractivity contribution in [2.24, 2.45) is 29.1 Å². The second kappa shape index (κ2) is 5.30. The lowest BCUT2D eigenvalue weighted by atomic mass is 9.48. The van der Waals surface area contributed by atoms with Crippen molar-refractivity contribution in [1.29, 1.82) is 0 Å². The lowest BCUT2D eigenvalue weighted by Crippen LogP contribution is -2.49. The van der Waals surface area contributed by atoms with Crippen LogP contribution < -0.4 is 5.32 Å². The molecule has 0 amide bonds. The van der Waals surface area contributed by atoms with E-state index in [-0.39, 0.29) is 0 Å². The first-order chi connectivity index (χ1) is 9.75. The zero-order valence-electron chi connectivity index (χ0n) is 13.4. The van der Waals surface area contributed by atoms with Crippen LogP contribution in [0, 0.1) is 29.1 Å². The molecule has 5 aliphatic rings. The summed E-state index contributed by atoms with van der Waals surface area (Å²) in [4.78, 5) is 0. The summed E-state index contributed by atoms with van der Waals surface area (Å²) < 4.78 is 0. The number of hydrogen-bond donors (Lipinski definition) is 1. The van der Waals surface area contributed by atoms with E-state index in [0.29, 0.717) is 0 Å². The molecule has 1 atom stereocenters. The Hall–Kier alpha value is -0.0400. The van der Waals surface area contributed by atoms with Gasteiger partial charge >= 0.3 is 0 Å². The van der Waals surface area contributed by atoms with Gasteiger partial charge in [0.15, 0.2) is 0 Å². The molecule has 4 bridgehead atoms. The predicted molar refractivity (Wildman–Crippen MR) is 84.6 cm³/mol. The molecule has 1 heteroatoms. The minimum atomic E-state index is 0.773. The second-order valence-electron chi connectivity index (χ2n) is 8.95. The van der Waals surface area contributed by atoms with E-state index < -0.39 is 0 Å². The first-order valence-corrected chi connectivity index (χ1v) is 9.48. The quantitative estimate of drug-likeness (QED) is 0.706. The smallest absolute Gasteiger partial charge is 0.00749 e. The lowest BCUT2D eigenvalue weighted by Gasteiger charge is -2.57. The molecule has 1 unspecified atom stereocenters. The second-order valence-corrected chi connectivity index (χ2v) is 8.95. The van der Waals surface area contributed by atoms with E-state index in [0.717, 1.165) is 35.1 Å². The van der Waals surface area contributed by atoms with Crippen molar-refractivity contribution in [2.45, 2.75) is 83.6 Å². The van der Waals surface area contributed by atoms with Crippen LogP contribution in [0.15, 0.2) is 0 Å². The van der Waals surface area contributed by atoms with Gasteiger partial charge in [0.05, 0.1) is 0 Å². The van der Waals surface area contributed by atoms with Gasteiger partial charge in [0.2, 0.25) is 0 Å². The third kappa shape index (κ3) is 2.80. The summed E-state index contributed by atoms with van der Waals surface area (Å²) in [7, 11) is 0. The topological polar surface area (TPSA) is 12.0 Å². The van der Waals surface area contributed by atoms with E-state index in [9.17, 15) is 0 Å². The fourth-order valence-electron chi connectivity index (χ4n) is 6.41. The standard InChI is InChI=1S/C19H33N/c1-2-5-20-18(9-14-3-4-14)13-19-10-15-6-16(11-19)8-17(7-15)12-19/h14-18,20H,2-13H2,1H3. The molecule has 0 radical (unpaired) electrons. The van der Waals surface area contributed by atoms with E-state index in [1.807, 2.05) is 0 Å². The molecule has 5 fully saturated rings. The third-order valence-electron chi connectivity index (χ3n) is 6.84. The van der Waals surface area contributed by atoms with Gasteiger partial charge in [-0.05, 0) is 93.4 Å². The Morgan fingerprint density at radius 1 is 1.00 bits per heavy atom. The van der Waals surface area contributed by atoms with Crippen molar-refractivity contribution in [2.75, 3.05) is 6.54 Å². The number of nitrogens with one attached hydrogen (secondary N) is 1. The fraction of sp³-hybridized carbons (Fsp3) is 1.00. The van der Waals surface area contributed by atoms with Gasteiger partial charge in [-0.15, -0.1) is 0 Å². The van der Waals surface area contributed by atoms with Crippen molar-refractivity contribution in [3.63, 3.8) is 0 Å². The van der Waals surface area contributed by atoms with Crippen LogP contribution in [0.2, 0.25) is 0 Å². The molecule has 20 heavy (non-hydrogen) atoms. The van der Waals surface area contributed by atoms with Gasteiger partial charge in [-0.1, -0.05) is 19.8 Å². The van der Waals surface area contributed by atoms with Gasteiger partial charge in [0.25, 0.3) is 0 Å². The van der Waals surface area contributed by atoms with E-state index in [2.05, 4.69) is 12.2 Å². The molecule has 5 rings (SSSR count). The molecule has 5 aliphatic carbocycles. The maximum Gasteiger partial charge on any atom is 0.00749 e. The highest BCUT2D eigenvalue weighted by atomic mass is 14.9. The van der Waals surface area contributed by atoms with E-state index in [1.165, 1.54) is 38.6 Å². The van der Waals surface area contributed by atoms with Crippen molar-refractivity contribution in [3.8, 4) is 0 Å². The summed E-state index contributed by atoms with van der Waals surface area (Å²) in [5, 5.41) is 3.92. The zero-order chi connectivity index (χ0) is 13.6. The summed E-state index contributed by atoms with van der Waals surface area (Å²) in [6, 6.07) is 0.846. The summed E-state index contributed by atoms with van der Waals surface area (Å²) in [5.74, 6) is 4.44. The zero-order valence-corrected chi connectivity index (χ0v) is 13.4. The molecule has 0 aromatic rings. The summed E-state index contributed by atoms with van der Waals surface area (Å²) in [6.45, 7) is 3.55. The van der Waals surface area contributed by atoms with Crippen molar-refractivity contribution >= 4 is 0 Å². The summed E-state index contributed by atoms with van der Waals surface area (Å²) in [6.07, 6.45) is 16.9. The lowest BCUT2D eigenvalue weighted by molar-refractivity contribution is -0.0625. The van der Waals surface area contributed by atoms with Crippen molar-refractivity contribution < 1.29 is 0 Å². The highest BCUT2D eigenvalue weighted by molar-refractivity contribution is 5.03. The van der Waals surface area contributed by atoms with Gasteiger partial charge in [-0.25, -0.2) is 0 Å². The molecule has 0 heterocycles. The Morgan fingerprint density at radius 3 is 2.10 bits per heavy atom. The van der Waals surface area contributed by atoms with Crippen molar-refractivity contribution in [3.05, 3.63) is 0 Å². The van der Waals surface area contributed by atoms with Gasteiger partial charge < -0.3 is 5.32 Å². The molecule has 0 aliphatic heterocycles. The molecule has 0 aromatic carbocycles. The normalized spacial score (nSPS) is 44.0. The van der Waals surface area contributed by atoms with Crippen LogP contribution in [-0.4, -0.2) is 12.6 Å². The average molecular weight is 275 g/mol. The molecule has 0 saturated heterocycles. The van der Waals surface area contributed by atoms with Gasteiger partial charge in [-0.3, -0.25) is 0 Å². The van der Waals surface area contributed by atoms with Crippen LogP contribution in [0.5, 0.6) is 0 Å². The summed E-state index contributed by atoms with van der Waals surface area (Å²) in [5.41, 5.74) is 0.773. The Balaban J connectivity index is 1.42. The average Bonchev–Trinajstić information content (AvgIpc) is 3.17. The molecular formula is C19H33N. The van der Waals surface area contributed by atoms with Crippen LogP contribution in [0.4, 0.5) is 0 Å². The third-order valence-corrected chi connectivity index (χ3v) is 6.84. The Labute approximate surface area is 125 Å². The first-order valence-electron chi connectivity index (χ1n) is 9.48. The maximum absolute atomic E-state index is 3.92. The molecule has 1 N–H and O–H groups in total. The molecule has 1 nitrogen and oxygen atoms in total. The highest BCUT2D eigenvalue weighted by Crippen LogP contribution is 2.61. The molecule has 114 valence electrons. The minimum Gasteiger partial charge on any atom is -0.314 e. The number of rotatable bonds is 7. The largest absolute Gasteiger partial charge is 0.314 e. The van der Waals surface area contributed by atoms with Crippen molar-refractivity contribution in [1.82, 2.24) is 5.32 Å². The predicted octanol–water partition coefficient (Wildman–Crippen LogP) is 4.76. The Kier molecular flexibility index (Phi) is 3.61. The Morgan fingerprint density at radius 2 is 1.60 bits per heavy atom. The monoisotopic (exact) mass is 275 g/mol. The fourth-order valence-corrected chi connectivity index (χ4v) is 6.41.